The molecule has 0 saturated carbocycles. The van der Waals surface area contributed by atoms with Gasteiger partial charge in [-0.05, 0) is 26.2 Å². The van der Waals surface area contributed by atoms with Crippen LogP contribution in [0.1, 0.15) is 34.1 Å². The monoisotopic (exact) mass is 247 g/mol. The van der Waals surface area contributed by atoms with Crippen molar-refractivity contribution < 1.29 is 8.42 Å². The second-order valence-electron chi connectivity index (χ2n) is 4.78. The van der Waals surface area contributed by atoms with E-state index in [1.807, 2.05) is 13.8 Å². The van der Waals surface area contributed by atoms with E-state index in [1.165, 1.54) is 6.92 Å². The number of nitrogens with zero attached hydrogens (tertiary/aromatic N) is 1. The highest BCUT2D eigenvalue weighted by atomic mass is 32.2. The first-order valence-corrected chi connectivity index (χ1v) is 6.84. The lowest BCUT2D eigenvalue weighted by Gasteiger charge is -2.31. The number of hydrogen-bond donors (Lipinski definition) is 2. The van der Waals surface area contributed by atoms with Gasteiger partial charge < -0.3 is 5.73 Å². The summed E-state index contributed by atoms with van der Waals surface area (Å²) in [4.78, 5) is 0. The minimum Gasteiger partial charge on any atom is -0.329 e. The quantitative estimate of drug-likeness (QED) is 0.717. The highest BCUT2D eigenvalue weighted by molar-refractivity contribution is 7.90. The van der Waals surface area contributed by atoms with E-state index in [-0.39, 0.29) is 6.54 Å². The van der Waals surface area contributed by atoms with Crippen LogP contribution in [-0.4, -0.2) is 25.8 Å². The Kier molecular flexibility index (Phi) is 5.39. The molecule has 0 spiro atoms. The predicted molar refractivity (Wildman–Crippen MR) is 64.0 cm³/mol. The van der Waals surface area contributed by atoms with Crippen molar-refractivity contribution in [2.24, 2.45) is 11.7 Å². The zero-order valence-electron chi connectivity index (χ0n) is 10.3. The molecule has 2 unspecified atom stereocenters. The summed E-state index contributed by atoms with van der Waals surface area (Å²) >= 11 is 0. The molecule has 0 aromatic rings. The predicted octanol–water partition coefficient (Wildman–Crippen LogP) is 0.581. The van der Waals surface area contributed by atoms with Crippen LogP contribution in [0.25, 0.3) is 0 Å². The van der Waals surface area contributed by atoms with Gasteiger partial charge in [-0.25, -0.2) is 13.1 Å². The number of hydrogen-bond acceptors (Lipinski definition) is 4. The SMILES string of the molecule is CC(C)CC(C)(CN)NS(=O)(=O)C(C)C#N. The Balaban J connectivity index is 4.86. The Morgan fingerprint density at radius 1 is 1.44 bits per heavy atom. The van der Waals surface area contributed by atoms with Crippen LogP contribution in [0.3, 0.4) is 0 Å². The van der Waals surface area contributed by atoms with Gasteiger partial charge in [-0.2, -0.15) is 5.26 Å². The Hall–Kier alpha value is -0.640. The molecular weight excluding hydrogens is 226 g/mol. The zero-order chi connectivity index (χ0) is 13.0. The summed E-state index contributed by atoms with van der Waals surface area (Å²) in [5, 5.41) is 7.56. The largest absolute Gasteiger partial charge is 0.329 e. The Labute approximate surface area is 98.1 Å². The van der Waals surface area contributed by atoms with Crippen LogP contribution < -0.4 is 10.5 Å². The van der Waals surface area contributed by atoms with Gasteiger partial charge in [-0.3, -0.25) is 0 Å². The van der Waals surface area contributed by atoms with Crippen LogP contribution >= 0.6 is 0 Å². The van der Waals surface area contributed by atoms with E-state index < -0.39 is 20.8 Å². The molecule has 0 bridgehead atoms. The maximum absolute atomic E-state index is 11.7. The van der Waals surface area contributed by atoms with E-state index in [2.05, 4.69) is 4.72 Å². The van der Waals surface area contributed by atoms with Gasteiger partial charge in [-0.1, -0.05) is 13.8 Å². The molecule has 6 heteroatoms. The zero-order valence-corrected chi connectivity index (χ0v) is 11.1. The minimum atomic E-state index is -3.62. The molecular formula is C10H21N3O2S. The lowest BCUT2D eigenvalue weighted by molar-refractivity contribution is 0.344. The second-order valence-corrected chi connectivity index (χ2v) is 6.78. The molecule has 0 amide bonds. The van der Waals surface area contributed by atoms with Crippen LogP contribution in [-0.2, 0) is 10.0 Å². The highest BCUT2D eigenvalue weighted by Gasteiger charge is 2.32. The van der Waals surface area contributed by atoms with Crippen LogP contribution in [0.15, 0.2) is 0 Å². The van der Waals surface area contributed by atoms with Gasteiger partial charge in [0.2, 0.25) is 10.0 Å². The smallest absolute Gasteiger partial charge is 0.228 e. The summed E-state index contributed by atoms with van der Waals surface area (Å²) in [6.07, 6.45) is 0.640. The Morgan fingerprint density at radius 2 is 1.94 bits per heavy atom. The molecule has 5 nitrogen and oxygen atoms in total. The van der Waals surface area contributed by atoms with E-state index in [9.17, 15) is 8.42 Å². The number of nitriles is 1. The molecule has 16 heavy (non-hydrogen) atoms. The third kappa shape index (κ3) is 4.47. The normalized spacial score (nSPS) is 17.8. The summed E-state index contributed by atoms with van der Waals surface area (Å²) in [6.45, 7) is 7.32. The molecule has 0 radical (unpaired) electrons. The molecule has 3 N–H and O–H groups in total. The molecule has 0 aromatic carbocycles. The van der Waals surface area contributed by atoms with Gasteiger partial charge in [0.15, 0.2) is 5.25 Å². The molecule has 0 rings (SSSR count). The maximum Gasteiger partial charge on any atom is 0.228 e. The van der Waals surface area contributed by atoms with Gasteiger partial charge >= 0.3 is 0 Å². The first-order chi connectivity index (χ1) is 7.17. The van der Waals surface area contributed by atoms with Crippen molar-refractivity contribution in [3.05, 3.63) is 0 Å². The van der Waals surface area contributed by atoms with E-state index in [0.717, 1.165) is 0 Å². The van der Waals surface area contributed by atoms with E-state index in [1.54, 1.807) is 13.0 Å². The number of nitrogens with two attached hydrogens (primary N) is 1. The minimum absolute atomic E-state index is 0.211. The fourth-order valence-corrected chi connectivity index (χ4v) is 2.74. The summed E-state index contributed by atoms with van der Waals surface area (Å²) in [5.41, 5.74) is 4.91. The van der Waals surface area contributed by atoms with Gasteiger partial charge in [-0.15, -0.1) is 0 Å². The Morgan fingerprint density at radius 3 is 2.25 bits per heavy atom. The molecule has 0 aromatic heterocycles. The third-order valence-corrected chi connectivity index (χ3v) is 4.16. The van der Waals surface area contributed by atoms with Crippen molar-refractivity contribution in [2.45, 2.75) is 44.9 Å². The van der Waals surface area contributed by atoms with Crippen molar-refractivity contribution >= 4 is 10.0 Å². The first-order valence-electron chi connectivity index (χ1n) is 5.29. The lowest BCUT2D eigenvalue weighted by atomic mass is 9.92. The lowest BCUT2D eigenvalue weighted by Crippen LogP contribution is -2.53. The third-order valence-electron chi connectivity index (χ3n) is 2.35. The number of nitrogens with one attached hydrogen (secondary N) is 1. The fourth-order valence-electron chi connectivity index (χ4n) is 1.57. The second kappa shape index (κ2) is 5.62. The van der Waals surface area contributed by atoms with Crippen molar-refractivity contribution in [1.29, 1.82) is 5.26 Å². The molecule has 0 aliphatic carbocycles. The van der Waals surface area contributed by atoms with E-state index in [0.29, 0.717) is 12.3 Å². The van der Waals surface area contributed by atoms with E-state index in [4.69, 9.17) is 11.0 Å². The topological polar surface area (TPSA) is 96.0 Å². The fraction of sp³-hybridized carbons (Fsp3) is 0.900. The van der Waals surface area contributed by atoms with Gasteiger partial charge in [0.05, 0.1) is 6.07 Å². The van der Waals surface area contributed by atoms with Crippen LogP contribution in [0, 0.1) is 17.2 Å². The number of rotatable bonds is 6. The number of sulfonamides is 1. The summed E-state index contributed by atoms with van der Waals surface area (Å²) in [7, 11) is -3.62. The van der Waals surface area contributed by atoms with Gasteiger partial charge in [0.1, 0.15) is 0 Å². The first kappa shape index (κ1) is 15.4. The molecule has 0 aliphatic heterocycles. The van der Waals surface area contributed by atoms with Crippen LogP contribution in [0.5, 0.6) is 0 Å². The van der Waals surface area contributed by atoms with Crippen molar-refractivity contribution in [3.63, 3.8) is 0 Å². The van der Waals surface area contributed by atoms with E-state index >= 15 is 0 Å². The molecule has 0 aliphatic rings. The molecule has 2 atom stereocenters. The van der Waals surface area contributed by atoms with Crippen LogP contribution in [0.2, 0.25) is 0 Å². The van der Waals surface area contributed by atoms with Gasteiger partial charge in [0, 0.05) is 12.1 Å². The highest BCUT2D eigenvalue weighted by Crippen LogP contribution is 2.17. The standard InChI is InChI=1S/C10H21N3O2S/c1-8(2)5-10(4,7-12)13-16(14,15)9(3)6-11/h8-9,13H,5,7,12H2,1-4H3. The molecule has 0 saturated heterocycles. The maximum atomic E-state index is 11.7. The average molecular weight is 247 g/mol. The van der Waals surface area contributed by atoms with Crippen molar-refractivity contribution in [3.8, 4) is 6.07 Å². The molecule has 0 fully saturated rings. The average Bonchev–Trinajstić information content (AvgIpc) is 2.14. The summed E-state index contributed by atoms with van der Waals surface area (Å²) < 4.78 is 26.0. The van der Waals surface area contributed by atoms with Crippen LogP contribution in [0.4, 0.5) is 0 Å². The molecule has 94 valence electrons. The summed E-state index contributed by atoms with van der Waals surface area (Å²) in [6, 6.07) is 1.71. The molecule has 0 heterocycles. The Bertz CT molecular complexity index is 359. The van der Waals surface area contributed by atoms with Gasteiger partial charge in [0.25, 0.3) is 0 Å². The summed E-state index contributed by atoms with van der Waals surface area (Å²) in [5.74, 6) is 0.327. The van der Waals surface area contributed by atoms with Crippen molar-refractivity contribution in [1.82, 2.24) is 4.72 Å². The van der Waals surface area contributed by atoms with Crippen molar-refractivity contribution in [2.75, 3.05) is 6.54 Å².